The van der Waals surface area contributed by atoms with E-state index >= 15 is 0 Å². The van der Waals surface area contributed by atoms with E-state index in [4.69, 9.17) is 15.3 Å². The summed E-state index contributed by atoms with van der Waals surface area (Å²) in [7, 11) is 0. The van der Waals surface area contributed by atoms with Crippen LogP contribution in [0.15, 0.2) is 24.3 Å². The molecule has 3 N–H and O–H groups in total. The molecule has 6 nitrogen and oxygen atoms in total. The summed E-state index contributed by atoms with van der Waals surface area (Å²) in [6.07, 6.45) is 4.21. The first kappa shape index (κ1) is 17.2. The molecule has 1 amide bonds. The average molecular weight is 333 g/mol. The Morgan fingerprint density at radius 2 is 2.00 bits per heavy atom. The largest absolute Gasteiger partial charge is 0.491 e. The minimum absolute atomic E-state index is 0.0395. The summed E-state index contributed by atoms with van der Waals surface area (Å²) in [5.74, 6) is 6.12. The molecule has 24 heavy (non-hydrogen) atoms. The van der Waals surface area contributed by atoms with Crippen LogP contribution in [0.25, 0.3) is 0 Å². The fourth-order valence-electron chi connectivity index (χ4n) is 3.39. The molecule has 6 heteroatoms. The van der Waals surface area contributed by atoms with Crippen molar-refractivity contribution in [3.05, 3.63) is 29.8 Å². The number of rotatable bonds is 6. The number of piperidine rings is 1. The van der Waals surface area contributed by atoms with Crippen LogP contribution in [0.3, 0.4) is 0 Å². The molecule has 0 aliphatic carbocycles. The lowest BCUT2D eigenvalue weighted by Gasteiger charge is -2.30. The number of benzene rings is 1. The van der Waals surface area contributed by atoms with Gasteiger partial charge in [-0.25, -0.2) is 5.84 Å². The lowest BCUT2D eigenvalue weighted by molar-refractivity contribution is -0.126. The van der Waals surface area contributed by atoms with Gasteiger partial charge in [-0.05, 0) is 56.5 Å². The molecule has 2 fully saturated rings. The van der Waals surface area contributed by atoms with Crippen molar-refractivity contribution in [2.24, 2.45) is 11.8 Å². The van der Waals surface area contributed by atoms with Gasteiger partial charge in [0, 0.05) is 19.1 Å². The molecule has 0 radical (unpaired) electrons. The van der Waals surface area contributed by atoms with Crippen molar-refractivity contribution >= 4 is 5.91 Å². The lowest BCUT2D eigenvalue weighted by Crippen LogP contribution is -2.42. The highest BCUT2D eigenvalue weighted by Crippen LogP contribution is 2.21. The number of nitrogens with one attached hydrogen (secondary N) is 1. The fourth-order valence-corrected chi connectivity index (χ4v) is 3.39. The molecule has 0 bridgehead atoms. The molecule has 0 spiro atoms. The molecule has 0 aromatic heterocycles. The van der Waals surface area contributed by atoms with Gasteiger partial charge in [-0.2, -0.15) is 0 Å². The molecule has 1 aromatic rings. The monoisotopic (exact) mass is 333 g/mol. The van der Waals surface area contributed by atoms with Crippen molar-refractivity contribution in [3.63, 3.8) is 0 Å². The summed E-state index contributed by atoms with van der Waals surface area (Å²) in [5, 5.41) is 0. The second-order valence-electron chi connectivity index (χ2n) is 6.65. The van der Waals surface area contributed by atoms with Gasteiger partial charge >= 0.3 is 0 Å². The third kappa shape index (κ3) is 4.69. The number of carbonyl (C=O) groups excluding carboxylic acids is 1. The van der Waals surface area contributed by atoms with Gasteiger partial charge in [0.2, 0.25) is 5.91 Å². The molecule has 132 valence electrons. The Hall–Kier alpha value is -1.63. The Bertz CT molecular complexity index is 521. The molecule has 2 saturated heterocycles. The molecule has 0 saturated carbocycles. The van der Waals surface area contributed by atoms with Gasteiger partial charge in [0.15, 0.2) is 0 Å². The number of carbonyl (C=O) groups is 1. The van der Waals surface area contributed by atoms with Gasteiger partial charge in [0.05, 0.1) is 6.10 Å². The topological polar surface area (TPSA) is 76.8 Å². The number of amides is 1. The van der Waals surface area contributed by atoms with Crippen molar-refractivity contribution in [2.75, 3.05) is 26.3 Å². The minimum atomic E-state index is -0.0395. The highest BCUT2D eigenvalue weighted by molar-refractivity contribution is 5.78. The molecule has 2 aliphatic rings. The summed E-state index contributed by atoms with van der Waals surface area (Å²) < 4.78 is 11.4. The van der Waals surface area contributed by atoms with Crippen LogP contribution in [-0.4, -0.2) is 43.2 Å². The van der Waals surface area contributed by atoms with Crippen molar-refractivity contribution < 1.29 is 14.3 Å². The van der Waals surface area contributed by atoms with Crippen molar-refractivity contribution in [2.45, 2.75) is 38.3 Å². The van der Waals surface area contributed by atoms with E-state index < -0.39 is 0 Å². The van der Waals surface area contributed by atoms with Gasteiger partial charge in [0.25, 0.3) is 0 Å². The molecule has 1 aromatic carbocycles. The Morgan fingerprint density at radius 1 is 1.25 bits per heavy atom. The summed E-state index contributed by atoms with van der Waals surface area (Å²) >= 11 is 0. The Kier molecular flexibility index (Phi) is 6.07. The number of hydrazine groups is 1. The van der Waals surface area contributed by atoms with Crippen molar-refractivity contribution in [1.29, 1.82) is 0 Å². The first-order chi connectivity index (χ1) is 11.7. The second-order valence-corrected chi connectivity index (χ2v) is 6.65. The van der Waals surface area contributed by atoms with Crippen molar-refractivity contribution in [1.82, 2.24) is 10.3 Å². The van der Waals surface area contributed by atoms with Gasteiger partial charge in [-0.1, -0.05) is 12.1 Å². The molecule has 1 unspecified atom stereocenters. The third-order valence-electron chi connectivity index (χ3n) is 4.89. The van der Waals surface area contributed by atoms with Crippen LogP contribution in [0.1, 0.15) is 31.2 Å². The maximum absolute atomic E-state index is 11.5. The lowest BCUT2D eigenvalue weighted by atomic mass is 9.96. The second kappa shape index (κ2) is 8.46. The van der Waals surface area contributed by atoms with Crippen molar-refractivity contribution in [3.8, 4) is 5.75 Å². The Balaban J connectivity index is 1.42. The maximum atomic E-state index is 11.5. The van der Waals surface area contributed by atoms with Gasteiger partial charge in [0.1, 0.15) is 12.4 Å². The predicted molar refractivity (Wildman–Crippen MR) is 91.2 cm³/mol. The van der Waals surface area contributed by atoms with Crippen LogP contribution in [0.4, 0.5) is 0 Å². The van der Waals surface area contributed by atoms with Gasteiger partial charge < -0.3 is 9.47 Å². The predicted octanol–water partition coefficient (Wildman–Crippen LogP) is 1.45. The number of ether oxygens (including phenoxy) is 2. The van der Waals surface area contributed by atoms with E-state index in [0.717, 1.165) is 57.7 Å². The quantitative estimate of drug-likeness (QED) is 0.468. The van der Waals surface area contributed by atoms with Crippen LogP contribution in [0.5, 0.6) is 5.75 Å². The smallest absolute Gasteiger partial charge is 0.237 e. The molecule has 3 rings (SSSR count). The van der Waals surface area contributed by atoms with Crippen LogP contribution in [0.2, 0.25) is 0 Å². The molecule has 2 aliphatic heterocycles. The Morgan fingerprint density at radius 3 is 2.62 bits per heavy atom. The Labute approximate surface area is 143 Å². The van der Waals surface area contributed by atoms with Crippen LogP contribution in [-0.2, 0) is 16.1 Å². The van der Waals surface area contributed by atoms with Gasteiger partial charge in [-0.3, -0.25) is 15.1 Å². The number of likely N-dealkylation sites (tertiary alicyclic amines) is 1. The zero-order valence-corrected chi connectivity index (χ0v) is 14.1. The van der Waals surface area contributed by atoms with E-state index in [2.05, 4.69) is 22.5 Å². The molecular weight excluding hydrogens is 306 g/mol. The SMILES string of the molecule is NNC(=O)C1CCN(Cc2ccc(OCC3CCCO3)cc2)CC1. The van der Waals surface area contributed by atoms with E-state index in [-0.39, 0.29) is 17.9 Å². The standard InChI is InChI=1S/C18H27N3O3/c19-20-18(22)15-7-9-21(10-8-15)12-14-3-5-16(6-4-14)24-13-17-2-1-11-23-17/h3-6,15,17H,1-2,7-13,19H2,(H,20,22). The van der Waals surface area contributed by atoms with E-state index in [1.807, 2.05) is 12.1 Å². The summed E-state index contributed by atoms with van der Waals surface area (Å²) in [4.78, 5) is 13.9. The van der Waals surface area contributed by atoms with E-state index in [0.29, 0.717) is 6.61 Å². The molecule has 2 heterocycles. The van der Waals surface area contributed by atoms with Crippen LogP contribution < -0.4 is 16.0 Å². The molecular formula is C18H27N3O3. The zero-order chi connectivity index (χ0) is 16.8. The van der Waals surface area contributed by atoms with E-state index in [1.54, 1.807) is 0 Å². The van der Waals surface area contributed by atoms with Gasteiger partial charge in [-0.15, -0.1) is 0 Å². The van der Waals surface area contributed by atoms with Crippen LogP contribution >= 0.6 is 0 Å². The maximum Gasteiger partial charge on any atom is 0.237 e. The highest BCUT2D eigenvalue weighted by Gasteiger charge is 2.24. The fraction of sp³-hybridized carbons (Fsp3) is 0.611. The number of hydrogen-bond donors (Lipinski definition) is 2. The van der Waals surface area contributed by atoms with E-state index in [9.17, 15) is 4.79 Å². The third-order valence-corrected chi connectivity index (χ3v) is 4.89. The minimum Gasteiger partial charge on any atom is -0.491 e. The average Bonchev–Trinajstić information content (AvgIpc) is 3.15. The summed E-state index contributed by atoms with van der Waals surface area (Å²) in [6, 6.07) is 8.28. The molecule has 1 atom stereocenters. The first-order valence-electron chi connectivity index (χ1n) is 8.81. The number of nitrogens with two attached hydrogens (primary N) is 1. The zero-order valence-electron chi connectivity index (χ0n) is 14.1. The highest BCUT2D eigenvalue weighted by atomic mass is 16.5. The normalized spacial score (nSPS) is 22.5. The summed E-state index contributed by atoms with van der Waals surface area (Å²) in [6.45, 7) is 4.25. The van der Waals surface area contributed by atoms with Crippen LogP contribution in [0, 0.1) is 5.92 Å². The number of nitrogens with zero attached hydrogens (tertiary/aromatic N) is 1. The first-order valence-corrected chi connectivity index (χ1v) is 8.81. The summed E-state index contributed by atoms with van der Waals surface area (Å²) in [5.41, 5.74) is 3.52. The van der Waals surface area contributed by atoms with E-state index in [1.165, 1.54) is 5.56 Å². The number of hydrogen-bond acceptors (Lipinski definition) is 5.